The number of nitrogens with zero attached hydrogens (tertiary/aromatic N) is 1. The highest BCUT2D eigenvalue weighted by molar-refractivity contribution is 9.13. The molecular formula is C20H21Br2NO4S. The van der Waals surface area contributed by atoms with E-state index >= 15 is 0 Å². The first-order chi connectivity index (χ1) is 13.5. The van der Waals surface area contributed by atoms with Crippen LogP contribution in [0.1, 0.15) is 53.1 Å². The third-order valence-corrected chi connectivity index (χ3v) is 7.65. The smallest absolute Gasteiger partial charge is 0.341 e. The number of hydrogen-bond donors (Lipinski definition) is 1. The fraction of sp³-hybridized carbons (Fsp3) is 0.400. The van der Waals surface area contributed by atoms with Crippen molar-refractivity contribution in [1.82, 2.24) is 0 Å². The summed E-state index contributed by atoms with van der Waals surface area (Å²) < 4.78 is 12.2. The molecular weight excluding hydrogens is 510 g/mol. The van der Waals surface area contributed by atoms with Gasteiger partial charge in [0.05, 0.1) is 24.3 Å². The Morgan fingerprint density at radius 2 is 2.04 bits per heavy atom. The van der Waals surface area contributed by atoms with Crippen molar-refractivity contribution in [2.45, 2.75) is 39.5 Å². The Kier molecular flexibility index (Phi) is 7.17. The zero-order valence-corrected chi connectivity index (χ0v) is 19.7. The minimum absolute atomic E-state index is 0.000297. The van der Waals surface area contributed by atoms with Crippen molar-refractivity contribution in [3.63, 3.8) is 0 Å². The molecule has 28 heavy (non-hydrogen) atoms. The molecule has 1 aliphatic rings. The second kappa shape index (κ2) is 9.41. The lowest BCUT2D eigenvalue weighted by molar-refractivity contribution is 0.0526. The molecule has 1 N–H and O–H groups in total. The van der Waals surface area contributed by atoms with Gasteiger partial charge < -0.3 is 14.6 Å². The fourth-order valence-corrected chi connectivity index (χ4v) is 5.22. The second-order valence-corrected chi connectivity index (χ2v) is 8.97. The number of aliphatic imine (C=N–C) groups is 1. The van der Waals surface area contributed by atoms with Crippen LogP contribution in [0.3, 0.4) is 0 Å². The number of esters is 1. The lowest BCUT2D eigenvalue weighted by Gasteiger charge is -2.12. The summed E-state index contributed by atoms with van der Waals surface area (Å²) >= 11 is 8.47. The van der Waals surface area contributed by atoms with Gasteiger partial charge in [0.15, 0.2) is 11.5 Å². The Morgan fingerprint density at radius 3 is 2.75 bits per heavy atom. The molecule has 0 saturated carbocycles. The average Bonchev–Trinajstić information content (AvgIpc) is 3.05. The van der Waals surface area contributed by atoms with Gasteiger partial charge in [-0.15, -0.1) is 11.3 Å². The van der Waals surface area contributed by atoms with Crippen molar-refractivity contribution in [1.29, 1.82) is 0 Å². The van der Waals surface area contributed by atoms with Crippen LogP contribution in [0.4, 0.5) is 5.00 Å². The largest absolute Gasteiger partial charge is 0.504 e. The highest BCUT2D eigenvalue weighted by atomic mass is 79.9. The summed E-state index contributed by atoms with van der Waals surface area (Å²) in [4.78, 5) is 18.3. The van der Waals surface area contributed by atoms with Gasteiger partial charge >= 0.3 is 5.97 Å². The summed E-state index contributed by atoms with van der Waals surface area (Å²) in [6.07, 6.45) is 5.58. The molecule has 0 bridgehead atoms. The van der Waals surface area contributed by atoms with Crippen LogP contribution in [0.15, 0.2) is 20.0 Å². The summed E-state index contributed by atoms with van der Waals surface area (Å²) in [7, 11) is 0. The number of fused-ring (bicyclic) bond motifs is 1. The number of benzene rings is 1. The van der Waals surface area contributed by atoms with Crippen LogP contribution in [0.5, 0.6) is 11.5 Å². The molecule has 3 rings (SSSR count). The maximum absolute atomic E-state index is 12.6. The topological polar surface area (TPSA) is 68.1 Å². The molecule has 1 heterocycles. The Labute approximate surface area is 185 Å². The number of rotatable bonds is 6. The van der Waals surface area contributed by atoms with Crippen LogP contribution in [0.2, 0.25) is 0 Å². The first-order valence-electron chi connectivity index (χ1n) is 9.17. The summed E-state index contributed by atoms with van der Waals surface area (Å²) in [6.45, 7) is 4.40. The molecule has 0 fully saturated rings. The number of aromatic hydroxyl groups is 1. The summed E-state index contributed by atoms with van der Waals surface area (Å²) in [5.41, 5.74) is 2.11. The maximum Gasteiger partial charge on any atom is 0.341 e. The van der Waals surface area contributed by atoms with Gasteiger partial charge in [0, 0.05) is 20.0 Å². The standard InChI is InChI=1S/C20H21Br2NO4S/c1-3-26-14-9-13(21)17(22)12(18(14)24)10-23-19-16(20(25)27-4-2)11-7-5-6-8-15(11)28-19/h9-10,24H,3-8H2,1-2H3. The number of phenolic OH excluding ortho intramolecular Hbond substituents is 1. The Bertz CT molecular complexity index is 924. The molecule has 1 aromatic heterocycles. The van der Waals surface area contributed by atoms with Gasteiger partial charge in [0.1, 0.15) is 5.00 Å². The van der Waals surface area contributed by atoms with E-state index in [0.717, 1.165) is 35.7 Å². The lowest BCUT2D eigenvalue weighted by Crippen LogP contribution is -2.09. The Balaban J connectivity index is 2.06. The maximum atomic E-state index is 12.6. The first kappa shape index (κ1) is 21.3. The van der Waals surface area contributed by atoms with E-state index in [0.29, 0.717) is 39.6 Å². The first-order valence-corrected chi connectivity index (χ1v) is 11.6. The number of phenols is 1. The molecule has 0 radical (unpaired) electrons. The second-order valence-electron chi connectivity index (χ2n) is 6.24. The van der Waals surface area contributed by atoms with E-state index in [1.54, 1.807) is 19.2 Å². The molecule has 0 amide bonds. The summed E-state index contributed by atoms with van der Waals surface area (Å²) in [6, 6.07) is 1.70. The molecule has 2 aromatic rings. The molecule has 1 aliphatic carbocycles. The van der Waals surface area contributed by atoms with Crippen LogP contribution in [-0.2, 0) is 17.6 Å². The number of hydrogen-bond acceptors (Lipinski definition) is 6. The minimum atomic E-state index is -0.332. The van der Waals surface area contributed by atoms with Gasteiger partial charge in [-0.1, -0.05) is 0 Å². The third kappa shape index (κ3) is 4.28. The summed E-state index contributed by atoms with van der Waals surface area (Å²) in [5.74, 6) is 0.0383. The van der Waals surface area contributed by atoms with Crippen molar-refractivity contribution in [3.8, 4) is 11.5 Å². The van der Waals surface area contributed by atoms with E-state index in [4.69, 9.17) is 9.47 Å². The van der Waals surface area contributed by atoms with E-state index in [9.17, 15) is 9.90 Å². The predicted molar refractivity (Wildman–Crippen MR) is 119 cm³/mol. The SMILES string of the molecule is CCOC(=O)c1c(N=Cc2c(O)c(OCC)cc(Br)c2Br)sc2c1CCCC2. The van der Waals surface area contributed by atoms with Gasteiger partial charge in [-0.25, -0.2) is 9.79 Å². The number of thiophene rings is 1. The fourth-order valence-electron chi connectivity index (χ4n) is 3.17. The Hall–Kier alpha value is -1.38. The van der Waals surface area contributed by atoms with E-state index in [2.05, 4.69) is 36.9 Å². The zero-order chi connectivity index (χ0) is 20.3. The zero-order valence-electron chi connectivity index (χ0n) is 15.7. The van der Waals surface area contributed by atoms with Gasteiger partial charge in [0.2, 0.25) is 0 Å². The van der Waals surface area contributed by atoms with Crippen LogP contribution in [0.25, 0.3) is 0 Å². The number of carbonyl (C=O) groups excluding carboxylic acids is 1. The molecule has 0 atom stereocenters. The minimum Gasteiger partial charge on any atom is -0.504 e. The van der Waals surface area contributed by atoms with Crippen molar-refractivity contribution >= 4 is 60.4 Å². The number of ether oxygens (including phenoxy) is 2. The van der Waals surface area contributed by atoms with Crippen LogP contribution in [0, 0.1) is 0 Å². The number of aryl methyl sites for hydroxylation is 1. The van der Waals surface area contributed by atoms with Crippen molar-refractivity contribution in [2.24, 2.45) is 4.99 Å². The van der Waals surface area contributed by atoms with Gasteiger partial charge in [-0.05, 0) is 83.0 Å². The van der Waals surface area contributed by atoms with Crippen LogP contribution >= 0.6 is 43.2 Å². The average molecular weight is 531 g/mol. The molecule has 5 nitrogen and oxygen atoms in total. The van der Waals surface area contributed by atoms with Gasteiger partial charge in [0.25, 0.3) is 0 Å². The molecule has 0 spiro atoms. The molecule has 8 heteroatoms. The molecule has 0 aliphatic heterocycles. The number of halogens is 2. The van der Waals surface area contributed by atoms with Gasteiger partial charge in [-0.3, -0.25) is 0 Å². The molecule has 0 saturated heterocycles. The number of carbonyl (C=O) groups is 1. The van der Waals surface area contributed by atoms with Crippen LogP contribution < -0.4 is 4.74 Å². The van der Waals surface area contributed by atoms with E-state index < -0.39 is 0 Å². The van der Waals surface area contributed by atoms with Crippen molar-refractivity contribution < 1.29 is 19.4 Å². The van der Waals surface area contributed by atoms with Crippen LogP contribution in [-0.4, -0.2) is 30.5 Å². The van der Waals surface area contributed by atoms with Crippen molar-refractivity contribution in [2.75, 3.05) is 13.2 Å². The highest BCUT2D eigenvalue weighted by Crippen LogP contribution is 2.42. The molecule has 1 aromatic carbocycles. The highest BCUT2D eigenvalue weighted by Gasteiger charge is 2.26. The quantitative estimate of drug-likeness (QED) is 0.357. The normalized spacial score (nSPS) is 13.6. The summed E-state index contributed by atoms with van der Waals surface area (Å²) in [5, 5.41) is 11.2. The van der Waals surface area contributed by atoms with Gasteiger partial charge in [-0.2, -0.15) is 0 Å². The Morgan fingerprint density at radius 1 is 1.29 bits per heavy atom. The monoisotopic (exact) mass is 529 g/mol. The molecule has 150 valence electrons. The van der Waals surface area contributed by atoms with E-state index in [-0.39, 0.29) is 11.7 Å². The lowest BCUT2D eigenvalue weighted by atomic mass is 9.95. The third-order valence-electron chi connectivity index (χ3n) is 4.44. The van der Waals surface area contributed by atoms with E-state index in [1.165, 1.54) is 16.2 Å². The molecule has 0 unspecified atom stereocenters. The van der Waals surface area contributed by atoms with Crippen molar-refractivity contribution in [3.05, 3.63) is 36.6 Å². The van der Waals surface area contributed by atoms with E-state index in [1.807, 2.05) is 6.92 Å². The predicted octanol–water partition coefficient (Wildman–Crippen LogP) is 6.18.